The first-order chi connectivity index (χ1) is 9.20. The molecule has 0 saturated heterocycles. The first-order valence-electron chi connectivity index (χ1n) is 6.93. The Labute approximate surface area is 119 Å². The van der Waals surface area contributed by atoms with Crippen molar-refractivity contribution >= 4 is 17.7 Å². The number of rotatable bonds is 5. The van der Waals surface area contributed by atoms with Gasteiger partial charge in [0.05, 0.1) is 0 Å². The number of hydrogen-bond donors (Lipinski definition) is 2. The van der Waals surface area contributed by atoms with Crippen LogP contribution in [0.25, 0.3) is 0 Å². The molecule has 4 heteroatoms. The van der Waals surface area contributed by atoms with Crippen LogP contribution >= 0.6 is 11.8 Å². The van der Waals surface area contributed by atoms with Gasteiger partial charge in [-0.3, -0.25) is 4.79 Å². The van der Waals surface area contributed by atoms with Gasteiger partial charge in [-0.25, -0.2) is 0 Å². The normalized spacial score (nSPS) is 24.1. The Morgan fingerprint density at radius 2 is 2.16 bits per heavy atom. The molecule has 0 bridgehead atoms. The number of nitrogens with one attached hydrogen (secondary N) is 1. The van der Waals surface area contributed by atoms with Gasteiger partial charge in [-0.1, -0.05) is 37.3 Å². The molecular formula is C15H22N2OS. The molecule has 0 aromatic heterocycles. The standard InChI is InChI=1S/C15H22N2OS/c1-2-19-13-9-8-12(10-13)17-15(18)14(16)11-6-4-3-5-7-11/h3-7,12-14H,2,8-10,16H2,1H3,(H,17,18). The molecule has 19 heavy (non-hydrogen) atoms. The van der Waals surface area contributed by atoms with E-state index in [1.165, 1.54) is 6.42 Å². The average molecular weight is 278 g/mol. The van der Waals surface area contributed by atoms with Gasteiger partial charge in [-0.2, -0.15) is 11.8 Å². The molecule has 3 N–H and O–H groups in total. The van der Waals surface area contributed by atoms with E-state index < -0.39 is 6.04 Å². The highest BCUT2D eigenvalue weighted by atomic mass is 32.2. The van der Waals surface area contributed by atoms with Crippen LogP contribution in [0.15, 0.2) is 30.3 Å². The van der Waals surface area contributed by atoms with Crippen LogP contribution in [0.2, 0.25) is 0 Å². The second kappa shape index (κ2) is 6.96. The minimum Gasteiger partial charge on any atom is -0.352 e. The molecule has 1 aliphatic rings. The molecule has 0 heterocycles. The van der Waals surface area contributed by atoms with Gasteiger partial charge < -0.3 is 11.1 Å². The van der Waals surface area contributed by atoms with Gasteiger partial charge >= 0.3 is 0 Å². The van der Waals surface area contributed by atoms with E-state index in [2.05, 4.69) is 12.2 Å². The molecule has 1 fully saturated rings. The van der Waals surface area contributed by atoms with Crippen LogP contribution in [0, 0.1) is 0 Å². The lowest BCUT2D eigenvalue weighted by atomic mass is 10.1. The Morgan fingerprint density at radius 3 is 2.84 bits per heavy atom. The largest absolute Gasteiger partial charge is 0.352 e. The van der Waals surface area contributed by atoms with E-state index in [0.717, 1.165) is 24.2 Å². The van der Waals surface area contributed by atoms with Gasteiger partial charge in [0.1, 0.15) is 6.04 Å². The highest BCUT2D eigenvalue weighted by Gasteiger charge is 2.27. The summed E-state index contributed by atoms with van der Waals surface area (Å²) in [5.74, 6) is 1.09. The van der Waals surface area contributed by atoms with Crippen molar-refractivity contribution in [2.24, 2.45) is 5.73 Å². The third-order valence-corrected chi connectivity index (χ3v) is 4.81. The number of hydrogen-bond acceptors (Lipinski definition) is 3. The SMILES string of the molecule is CCSC1CCC(NC(=O)C(N)c2ccccc2)C1. The molecular weight excluding hydrogens is 256 g/mol. The molecule has 0 spiro atoms. The maximum absolute atomic E-state index is 12.1. The van der Waals surface area contributed by atoms with E-state index in [1.54, 1.807) is 0 Å². The third-order valence-electron chi connectivity index (χ3n) is 3.57. The summed E-state index contributed by atoms with van der Waals surface area (Å²) in [7, 11) is 0. The third kappa shape index (κ3) is 3.98. The Kier molecular flexibility index (Phi) is 5.28. The van der Waals surface area contributed by atoms with E-state index in [9.17, 15) is 4.79 Å². The van der Waals surface area contributed by atoms with Crippen LogP contribution < -0.4 is 11.1 Å². The van der Waals surface area contributed by atoms with Crippen LogP contribution in [0.5, 0.6) is 0 Å². The number of benzene rings is 1. The molecule has 3 nitrogen and oxygen atoms in total. The molecule has 0 aliphatic heterocycles. The van der Waals surface area contributed by atoms with Crippen LogP contribution in [-0.4, -0.2) is 23.0 Å². The summed E-state index contributed by atoms with van der Waals surface area (Å²) in [5.41, 5.74) is 6.87. The molecule has 2 rings (SSSR count). The molecule has 104 valence electrons. The Morgan fingerprint density at radius 1 is 1.42 bits per heavy atom. The highest BCUT2D eigenvalue weighted by Crippen LogP contribution is 2.29. The first-order valence-corrected chi connectivity index (χ1v) is 7.98. The van der Waals surface area contributed by atoms with Crippen molar-refractivity contribution in [2.75, 3.05) is 5.75 Å². The second-order valence-corrected chi connectivity index (χ2v) is 6.56. The van der Waals surface area contributed by atoms with E-state index in [4.69, 9.17) is 5.73 Å². The molecule has 1 aromatic carbocycles. The molecule has 1 aromatic rings. The van der Waals surface area contributed by atoms with Gasteiger partial charge in [0, 0.05) is 11.3 Å². The first kappa shape index (κ1) is 14.4. The average Bonchev–Trinajstić information content (AvgIpc) is 2.86. The van der Waals surface area contributed by atoms with Crippen molar-refractivity contribution < 1.29 is 4.79 Å². The predicted molar refractivity (Wildman–Crippen MR) is 81.1 cm³/mol. The van der Waals surface area contributed by atoms with Gasteiger partial charge in [-0.15, -0.1) is 0 Å². The van der Waals surface area contributed by atoms with Crippen molar-refractivity contribution in [3.05, 3.63) is 35.9 Å². The van der Waals surface area contributed by atoms with E-state index in [-0.39, 0.29) is 5.91 Å². The summed E-state index contributed by atoms with van der Waals surface area (Å²) in [4.78, 5) is 12.1. The van der Waals surface area contributed by atoms with Crippen LogP contribution in [0.1, 0.15) is 37.8 Å². The van der Waals surface area contributed by atoms with E-state index in [1.807, 2.05) is 42.1 Å². The number of amides is 1. The van der Waals surface area contributed by atoms with E-state index in [0.29, 0.717) is 11.3 Å². The lowest BCUT2D eigenvalue weighted by Crippen LogP contribution is -2.39. The van der Waals surface area contributed by atoms with Gasteiger partial charge in [-0.05, 0) is 30.6 Å². The topological polar surface area (TPSA) is 55.1 Å². The maximum Gasteiger partial charge on any atom is 0.241 e. The zero-order chi connectivity index (χ0) is 13.7. The molecule has 3 atom stereocenters. The van der Waals surface area contributed by atoms with Gasteiger partial charge in [0.2, 0.25) is 5.91 Å². The van der Waals surface area contributed by atoms with Gasteiger partial charge in [0.15, 0.2) is 0 Å². The molecule has 3 unspecified atom stereocenters. The Bertz CT molecular complexity index is 410. The molecule has 1 amide bonds. The maximum atomic E-state index is 12.1. The number of nitrogens with two attached hydrogens (primary N) is 1. The fourth-order valence-electron chi connectivity index (χ4n) is 2.56. The summed E-state index contributed by atoms with van der Waals surface area (Å²) < 4.78 is 0. The summed E-state index contributed by atoms with van der Waals surface area (Å²) in [6.07, 6.45) is 3.35. The fourth-order valence-corrected chi connectivity index (χ4v) is 3.70. The van der Waals surface area contributed by atoms with Crippen LogP contribution in [0.4, 0.5) is 0 Å². The van der Waals surface area contributed by atoms with Crippen molar-refractivity contribution in [2.45, 2.75) is 43.5 Å². The second-order valence-electron chi connectivity index (χ2n) is 4.98. The molecule has 1 aliphatic carbocycles. The smallest absolute Gasteiger partial charge is 0.241 e. The fraction of sp³-hybridized carbons (Fsp3) is 0.533. The van der Waals surface area contributed by atoms with Crippen molar-refractivity contribution in [3.63, 3.8) is 0 Å². The number of carbonyl (C=O) groups is 1. The predicted octanol–water partition coefficient (Wildman–Crippen LogP) is 2.48. The number of carbonyl (C=O) groups excluding carboxylic acids is 1. The van der Waals surface area contributed by atoms with Crippen LogP contribution in [0.3, 0.4) is 0 Å². The highest BCUT2D eigenvalue weighted by molar-refractivity contribution is 7.99. The van der Waals surface area contributed by atoms with Crippen molar-refractivity contribution in [1.29, 1.82) is 0 Å². The summed E-state index contributed by atoms with van der Waals surface area (Å²) >= 11 is 1.99. The summed E-state index contributed by atoms with van der Waals surface area (Å²) in [6, 6.07) is 9.28. The molecule has 0 radical (unpaired) electrons. The zero-order valence-electron chi connectivity index (χ0n) is 11.3. The minimum atomic E-state index is -0.556. The quantitative estimate of drug-likeness (QED) is 0.870. The summed E-state index contributed by atoms with van der Waals surface area (Å²) in [6.45, 7) is 2.18. The zero-order valence-corrected chi connectivity index (χ0v) is 12.2. The lowest BCUT2D eigenvalue weighted by molar-refractivity contribution is -0.123. The Hall–Kier alpha value is -1.00. The number of thioether (sulfide) groups is 1. The Balaban J connectivity index is 1.85. The monoisotopic (exact) mass is 278 g/mol. The van der Waals surface area contributed by atoms with Gasteiger partial charge in [0.25, 0.3) is 0 Å². The van der Waals surface area contributed by atoms with Crippen molar-refractivity contribution in [1.82, 2.24) is 5.32 Å². The van der Waals surface area contributed by atoms with Crippen LogP contribution in [-0.2, 0) is 4.79 Å². The minimum absolute atomic E-state index is 0.0571. The van der Waals surface area contributed by atoms with E-state index >= 15 is 0 Å². The lowest BCUT2D eigenvalue weighted by Gasteiger charge is -2.17. The molecule has 1 saturated carbocycles. The van der Waals surface area contributed by atoms with Crippen molar-refractivity contribution in [3.8, 4) is 0 Å². The summed E-state index contributed by atoms with van der Waals surface area (Å²) in [5, 5.41) is 3.79.